The molecule has 216 valence electrons. The number of carbonyl (C=O) groups excluding carboxylic acids is 1. The van der Waals surface area contributed by atoms with E-state index in [9.17, 15) is 36.6 Å². The highest BCUT2D eigenvalue weighted by molar-refractivity contribution is 6.33. The van der Waals surface area contributed by atoms with Crippen molar-refractivity contribution in [3.8, 4) is 5.75 Å². The van der Waals surface area contributed by atoms with E-state index in [1.165, 1.54) is 12.1 Å². The van der Waals surface area contributed by atoms with Gasteiger partial charge in [-0.15, -0.1) is 0 Å². The lowest BCUT2D eigenvalue weighted by Gasteiger charge is -2.24. The minimum Gasteiger partial charge on any atom is -0.492 e. The van der Waals surface area contributed by atoms with E-state index in [-0.39, 0.29) is 49.9 Å². The Labute approximate surface area is 226 Å². The first kappa shape index (κ1) is 32.1. The number of hydrogen-bond acceptors (Lipinski definition) is 5. The molecule has 2 rings (SSSR count). The zero-order valence-corrected chi connectivity index (χ0v) is 21.6. The van der Waals surface area contributed by atoms with Crippen molar-refractivity contribution in [2.45, 2.75) is 38.2 Å². The Balaban J connectivity index is 1.97. The standard InChI is InChI=1S/C25H28ClF5N2O6/c1-2-37-21(22(34)35)16-17-8-10-18(11-9-17)38-15-13-33(12-5-14-39-25(30,31)24(27,28)29)23(36)32-20-7-4-3-6-19(20)26/h3-4,6-11,21H,2,5,12-16H2,1H3,(H,32,36)(H,34,35). The Morgan fingerprint density at radius 2 is 1.69 bits per heavy atom. The number of nitrogens with one attached hydrogen (secondary N) is 1. The molecule has 0 radical (unpaired) electrons. The number of carbonyl (C=O) groups is 2. The van der Waals surface area contributed by atoms with Crippen LogP contribution in [0.1, 0.15) is 18.9 Å². The summed E-state index contributed by atoms with van der Waals surface area (Å²) in [5, 5.41) is 12.0. The molecule has 0 heterocycles. The van der Waals surface area contributed by atoms with Crippen LogP contribution in [0.3, 0.4) is 0 Å². The van der Waals surface area contributed by atoms with E-state index in [2.05, 4.69) is 10.1 Å². The minimum atomic E-state index is -5.85. The number of amides is 2. The van der Waals surface area contributed by atoms with Crippen molar-refractivity contribution in [2.24, 2.45) is 0 Å². The average Bonchev–Trinajstić information content (AvgIpc) is 2.86. The zero-order valence-electron chi connectivity index (χ0n) is 20.8. The number of rotatable bonds is 15. The molecule has 14 heteroatoms. The summed E-state index contributed by atoms with van der Waals surface area (Å²) in [6, 6.07) is 12.2. The molecule has 0 aliphatic heterocycles. The third kappa shape index (κ3) is 10.5. The maximum Gasteiger partial charge on any atom is 0.482 e. The summed E-state index contributed by atoms with van der Waals surface area (Å²) in [6.07, 6.45) is -12.3. The summed E-state index contributed by atoms with van der Waals surface area (Å²) in [4.78, 5) is 25.2. The summed E-state index contributed by atoms with van der Waals surface area (Å²) >= 11 is 6.05. The van der Waals surface area contributed by atoms with Crippen LogP contribution < -0.4 is 10.1 Å². The number of nitrogens with zero attached hydrogens (tertiary/aromatic N) is 1. The molecule has 39 heavy (non-hydrogen) atoms. The quantitative estimate of drug-likeness (QED) is 0.202. The van der Waals surface area contributed by atoms with Gasteiger partial charge in [0.2, 0.25) is 0 Å². The van der Waals surface area contributed by atoms with Crippen LogP contribution in [0.2, 0.25) is 5.02 Å². The van der Waals surface area contributed by atoms with E-state index in [4.69, 9.17) is 21.1 Å². The molecule has 1 unspecified atom stereocenters. The fraction of sp³-hybridized carbons (Fsp3) is 0.440. The van der Waals surface area contributed by atoms with Gasteiger partial charge in [0.1, 0.15) is 12.4 Å². The lowest BCUT2D eigenvalue weighted by molar-refractivity contribution is -0.391. The molecular weight excluding hydrogens is 555 g/mol. The fourth-order valence-electron chi connectivity index (χ4n) is 3.24. The number of urea groups is 1. The topological polar surface area (TPSA) is 97.3 Å². The number of halogens is 6. The van der Waals surface area contributed by atoms with Crippen LogP contribution in [0.15, 0.2) is 48.5 Å². The molecule has 2 aromatic rings. The SMILES string of the molecule is CCOC(Cc1ccc(OCCN(CCCOC(F)(F)C(F)(F)F)C(=O)Nc2ccccc2Cl)cc1)C(=O)O. The van der Waals surface area contributed by atoms with E-state index in [0.717, 1.165) is 4.90 Å². The molecule has 0 aromatic heterocycles. The zero-order chi connectivity index (χ0) is 29.1. The van der Waals surface area contributed by atoms with Crippen LogP contribution >= 0.6 is 11.6 Å². The third-order valence-electron chi connectivity index (χ3n) is 5.21. The summed E-state index contributed by atoms with van der Waals surface area (Å²) in [7, 11) is 0. The number of para-hydroxylation sites is 1. The predicted molar refractivity (Wildman–Crippen MR) is 132 cm³/mol. The van der Waals surface area contributed by atoms with Gasteiger partial charge in [-0.1, -0.05) is 35.9 Å². The number of hydrogen-bond donors (Lipinski definition) is 2. The van der Waals surface area contributed by atoms with E-state index < -0.39 is 37.0 Å². The van der Waals surface area contributed by atoms with Crippen molar-refractivity contribution in [2.75, 3.05) is 38.2 Å². The molecule has 0 bridgehead atoms. The van der Waals surface area contributed by atoms with Gasteiger partial charge in [0.25, 0.3) is 0 Å². The second-order valence-corrected chi connectivity index (χ2v) is 8.50. The maximum atomic E-state index is 13.0. The van der Waals surface area contributed by atoms with Gasteiger partial charge < -0.3 is 29.5 Å². The van der Waals surface area contributed by atoms with Gasteiger partial charge in [0.05, 0.1) is 23.9 Å². The first-order valence-corrected chi connectivity index (χ1v) is 12.2. The van der Waals surface area contributed by atoms with Crippen LogP contribution in [0, 0.1) is 0 Å². The van der Waals surface area contributed by atoms with Crippen molar-refractivity contribution in [3.63, 3.8) is 0 Å². The van der Waals surface area contributed by atoms with Crippen molar-refractivity contribution < 1.29 is 50.9 Å². The molecule has 8 nitrogen and oxygen atoms in total. The molecular formula is C25H28ClF5N2O6. The van der Waals surface area contributed by atoms with E-state index in [0.29, 0.717) is 11.3 Å². The van der Waals surface area contributed by atoms with Crippen molar-refractivity contribution in [1.29, 1.82) is 0 Å². The summed E-state index contributed by atoms with van der Waals surface area (Å²) in [5.74, 6) is -0.679. The average molecular weight is 583 g/mol. The maximum absolute atomic E-state index is 13.0. The highest BCUT2D eigenvalue weighted by Gasteiger charge is 2.59. The predicted octanol–water partition coefficient (Wildman–Crippen LogP) is 5.85. The van der Waals surface area contributed by atoms with Crippen molar-refractivity contribution in [3.05, 3.63) is 59.1 Å². The van der Waals surface area contributed by atoms with Gasteiger partial charge in [0, 0.05) is 19.6 Å². The van der Waals surface area contributed by atoms with Crippen LogP contribution in [0.25, 0.3) is 0 Å². The second kappa shape index (κ2) is 14.8. The largest absolute Gasteiger partial charge is 0.492 e. The summed E-state index contributed by atoms with van der Waals surface area (Å²) in [6.45, 7) is 0.653. The number of aliphatic carboxylic acids is 1. The van der Waals surface area contributed by atoms with E-state index in [1.807, 2.05) is 0 Å². The number of carboxylic acid groups (broad SMARTS) is 1. The van der Waals surface area contributed by atoms with Gasteiger partial charge in [-0.3, -0.25) is 0 Å². The second-order valence-electron chi connectivity index (χ2n) is 8.09. The molecule has 1 atom stereocenters. The Bertz CT molecular complexity index is 1070. The molecule has 2 amide bonds. The highest BCUT2D eigenvalue weighted by atomic mass is 35.5. The number of benzene rings is 2. The molecule has 0 aliphatic rings. The number of ether oxygens (including phenoxy) is 3. The third-order valence-corrected chi connectivity index (χ3v) is 5.54. The Kier molecular flexibility index (Phi) is 12.2. The first-order valence-electron chi connectivity index (χ1n) is 11.8. The molecule has 0 spiro atoms. The first-order chi connectivity index (χ1) is 18.3. The summed E-state index contributed by atoms with van der Waals surface area (Å²) < 4.78 is 77.4. The molecule has 0 saturated heterocycles. The molecule has 0 fully saturated rings. The van der Waals surface area contributed by atoms with Gasteiger partial charge >= 0.3 is 24.3 Å². The number of carboxylic acids is 1. The van der Waals surface area contributed by atoms with Crippen LogP contribution in [-0.2, 0) is 20.7 Å². The van der Waals surface area contributed by atoms with E-state index in [1.54, 1.807) is 43.3 Å². The Morgan fingerprint density at radius 1 is 1.03 bits per heavy atom. The van der Waals surface area contributed by atoms with Crippen LogP contribution in [-0.4, -0.2) is 73.3 Å². The summed E-state index contributed by atoms with van der Waals surface area (Å²) in [5.41, 5.74) is 0.969. The van der Waals surface area contributed by atoms with Gasteiger partial charge in [-0.05, 0) is 43.2 Å². The van der Waals surface area contributed by atoms with Crippen LogP contribution in [0.4, 0.5) is 32.4 Å². The van der Waals surface area contributed by atoms with E-state index >= 15 is 0 Å². The molecule has 0 aliphatic carbocycles. The van der Waals surface area contributed by atoms with Crippen molar-refractivity contribution in [1.82, 2.24) is 4.90 Å². The number of anilines is 1. The molecule has 2 aromatic carbocycles. The van der Waals surface area contributed by atoms with Gasteiger partial charge in [0.15, 0.2) is 6.10 Å². The monoisotopic (exact) mass is 582 g/mol. The molecule has 0 saturated carbocycles. The van der Waals surface area contributed by atoms with Crippen molar-refractivity contribution >= 4 is 29.3 Å². The normalized spacial score (nSPS) is 12.6. The van der Waals surface area contributed by atoms with Crippen LogP contribution in [0.5, 0.6) is 5.75 Å². The Hall–Kier alpha value is -3.16. The highest BCUT2D eigenvalue weighted by Crippen LogP contribution is 2.36. The van der Waals surface area contributed by atoms with Gasteiger partial charge in [-0.25, -0.2) is 9.59 Å². The lowest BCUT2D eigenvalue weighted by atomic mass is 10.1. The lowest BCUT2D eigenvalue weighted by Crippen LogP contribution is -2.41. The Morgan fingerprint density at radius 3 is 2.28 bits per heavy atom. The van der Waals surface area contributed by atoms with Gasteiger partial charge in [-0.2, -0.15) is 22.0 Å². The smallest absolute Gasteiger partial charge is 0.482 e. The minimum absolute atomic E-state index is 0.0500. The fourth-order valence-corrected chi connectivity index (χ4v) is 3.42. The molecule has 2 N–H and O–H groups in total. The number of alkyl halides is 5.